The lowest BCUT2D eigenvalue weighted by atomic mass is 9.85. The van der Waals surface area contributed by atoms with Crippen LogP contribution in [0.25, 0.3) is 0 Å². The van der Waals surface area contributed by atoms with Gasteiger partial charge in [-0.15, -0.1) is 19.2 Å². The lowest BCUT2D eigenvalue weighted by molar-refractivity contribution is -0.117. The Morgan fingerprint density at radius 2 is 1.03 bits per heavy atom. The van der Waals surface area contributed by atoms with Crippen LogP contribution in [-0.2, 0) is 24.3 Å². The molecule has 0 aliphatic carbocycles. The van der Waals surface area contributed by atoms with Gasteiger partial charge in [0, 0.05) is 31.2 Å². The minimum atomic E-state index is -3.66. The highest BCUT2D eigenvalue weighted by atomic mass is 32.2. The topological polar surface area (TPSA) is 337 Å². The molecule has 15 N–H and O–H groups in total. The SMILES string of the molecule is C=C(CC)NN.C=CCC.CCC(=O)S.CCC(N)=O.CCC(O)CN.CCC(O)CO.CCCB(O)O.CCCC.CCCC.CCCC.CCP(=O)(O)O.CCS(=O)(=O)O. The fourth-order valence-electron chi connectivity index (χ4n) is 0.656. The van der Waals surface area contributed by atoms with Crippen molar-refractivity contribution in [3.63, 3.8) is 0 Å². The highest BCUT2D eigenvalue weighted by Gasteiger charge is 2.05. The van der Waals surface area contributed by atoms with Crippen LogP contribution in [0.3, 0.4) is 0 Å². The second kappa shape index (κ2) is 86.7. The molecule has 21 heteroatoms. The van der Waals surface area contributed by atoms with Gasteiger partial charge in [0.2, 0.25) is 5.91 Å². The number of unbranched alkanes of at least 4 members (excludes halogenated alkanes) is 3. The highest BCUT2D eigenvalue weighted by Crippen LogP contribution is 2.32. The summed E-state index contributed by atoms with van der Waals surface area (Å²) >= 11 is 3.46. The zero-order valence-electron chi connectivity index (χ0n) is 42.1. The monoisotopic (exact) mass is 967 g/mol. The Hall–Kier alpha value is -1.39. The van der Waals surface area contributed by atoms with Crippen LogP contribution in [0.2, 0.25) is 6.32 Å². The first kappa shape index (κ1) is 91.1. The quantitative estimate of drug-likeness (QED) is 0.0135. The van der Waals surface area contributed by atoms with Gasteiger partial charge < -0.3 is 52.0 Å². The fourth-order valence-corrected chi connectivity index (χ4v) is 0.656. The van der Waals surface area contributed by atoms with Gasteiger partial charge in [-0.05, 0) is 38.9 Å². The van der Waals surface area contributed by atoms with Crippen molar-refractivity contribution in [3.05, 3.63) is 24.9 Å². The molecule has 386 valence electrons. The van der Waals surface area contributed by atoms with E-state index >= 15 is 0 Å². The summed E-state index contributed by atoms with van der Waals surface area (Å²) in [6.45, 7) is 36.4. The Labute approximate surface area is 388 Å². The van der Waals surface area contributed by atoms with Crippen molar-refractivity contribution in [3.8, 4) is 0 Å². The van der Waals surface area contributed by atoms with Crippen LogP contribution < -0.4 is 22.7 Å². The van der Waals surface area contributed by atoms with Crippen LogP contribution in [-0.4, -0.2) is 104 Å². The van der Waals surface area contributed by atoms with E-state index in [1.807, 2.05) is 33.8 Å². The van der Waals surface area contributed by atoms with Crippen molar-refractivity contribution in [1.82, 2.24) is 5.43 Å². The normalized spacial score (nSPS) is 9.71. The van der Waals surface area contributed by atoms with Crippen LogP contribution in [0.15, 0.2) is 24.9 Å². The zero-order valence-corrected chi connectivity index (χ0v) is 44.7. The number of aliphatic hydroxyl groups is 3. The van der Waals surface area contributed by atoms with Crippen LogP contribution in [0.5, 0.6) is 0 Å². The number of amides is 1. The number of primary amides is 1. The van der Waals surface area contributed by atoms with Gasteiger partial charge in [-0.3, -0.25) is 24.5 Å². The van der Waals surface area contributed by atoms with E-state index in [-0.39, 0.29) is 35.6 Å². The Kier molecular flexibility index (Phi) is 127. The average Bonchev–Trinajstić information content (AvgIpc) is 3.26. The summed E-state index contributed by atoms with van der Waals surface area (Å²) in [5.74, 6) is 4.49. The first-order valence-electron chi connectivity index (χ1n) is 21.8. The number of rotatable bonds is 16. The van der Waals surface area contributed by atoms with E-state index in [0.717, 1.165) is 31.4 Å². The summed E-state index contributed by atoms with van der Waals surface area (Å²) in [4.78, 5) is 35.1. The number of hydrazine groups is 1. The van der Waals surface area contributed by atoms with Crippen molar-refractivity contribution in [2.24, 2.45) is 17.3 Å². The Morgan fingerprint density at radius 1 is 0.758 bits per heavy atom. The molecule has 2 unspecified atom stereocenters. The predicted octanol–water partition coefficient (Wildman–Crippen LogP) is 7.52. The van der Waals surface area contributed by atoms with Gasteiger partial charge in [-0.1, -0.05) is 155 Å². The van der Waals surface area contributed by atoms with Crippen LogP contribution >= 0.6 is 20.2 Å². The first-order valence-corrected chi connectivity index (χ1v) is 25.7. The molecular weight excluding hydrogens is 862 g/mol. The van der Waals surface area contributed by atoms with E-state index in [1.165, 1.54) is 52.4 Å². The summed E-state index contributed by atoms with van der Waals surface area (Å²) in [6.07, 6.45) is 14.6. The maximum absolute atomic E-state index is 9.69. The van der Waals surface area contributed by atoms with E-state index in [2.05, 4.69) is 85.4 Å². The fraction of sp³-hybridized carbons (Fsp3) is 0.854. The summed E-state index contributed by atoms with van der Waals surface area (Å²) in [5, 5.41) is 41.2. The Balaban J connectivity index is -0.0000000441. The number of aliphatic hydroxyl groups excluding tert-OH is 3. The molecule has 0 heterocycles. The van der Waals surface area contributed by atoms with E-state index in [9.17, 15) is 22.6 Å². The van der Waals surface area contributed by atoms with Crippen LogP contribution in [0.4, 0.5) is 0 Å². The number of hydrogen-bond acceptors (Lipinski definition) is 13. The molecule has 17 nitrogen and oxygen atoms in total. The van der Waals surface area contributed by atoms with Crippen molar-refractivity contribution in [2.75, 3.05) is 25.1 Å². The summed E-state index contributed by atoms with van der Waals surface area (Å²) in [6, 6.07) is 0. The van der Waals surface area contributed by atoms with E-state index in [1.54, 1.807) is 13.8 Å². The second-order valence-electron chi connectivity index (χ2n) is 12.0. The second-order valence-corrected chi connectivity index (χ2v) is 16.2. The van der Waals surface area contributed by atoms with E-state index in [0.29, 0.717) is 32.1 Å². The summed E-state index contributed by atoms with van der Waals surface area (Å²) < 4.78 is 36.6. The van der Waals surface area contributed by atoms with Crippen LogP contribution in [0, 0.1) is 0 Å². The molecule has 0 spiro atoms. The first-order chi connectivity index (χ1) is 28.5. The number of allylic oxidation sites excluding steroid dienone is 2. The predicted molar refractivity (Wildman–Crippen MR) is 271 cm³/mol. The highest BCUT2D eigenvalue weighted by molar-refractivity contribution is 7.96. The van der Waals surface area contributed by atoms with Crippen molar-refractivity contribution in [2.45, 2.75) is 206 Å². The molecule has 0 aliphatic rings. The molecule has 0 aromatic heterocycles. The van der Waals surface area contributed by atoms with E-state index in [4.69, 9.17) is 51.3 Å². The maximum atomic E-state index is 9.69. The molecule has 0 aliphatic heterocycles. The molecule has 0 bridgehead atoms. The van der Waals surface area contributed by atoms with Crippen molar-refractivity contribution in [1.29, 1.82) is 0 Å². The largest absolute Gasteiger partial charge is 0.451 e. The molecule has 0 aromatic carbocycles. The molecule has 2 atom stereocenters. The van der Waals surface area contributed by atoms with Gasteiger partial charge >= 0.3 is 14.7 Å². The molecule has 0 rings (SSSR count). The van der Waals surface area contributed by atoms with Gasteiger partial charge in [0.15, 0.2) is 5.12 Å². The number of hydrogen-bond donors (Lipinski definition) is 13. The molecule has 0 saturated heterocycles. The van der Waals surface area contributed by atoms with Gasteiger partial charge in [0.05, 0.1) is 24.6 Å². The summed E-state index contributed by atoms with van der Waals surface area (Å²) in [5.41, 5.74) is 13.0. The maximum Gasteiger partial charge on any atom is 0.451 e. The summed E-state index contributed by atoms with van der Waals surface area (Å²) in [7, 11) is -8.41. The van der Waals surface area contributed by atoms with Gasteiger partial charge in [0.25, 0.3) is 10.1 Å². The number of carbonyl (C=O) groups excluding carboxylic acids is 2. The number of thiol groups is 1. The van der Waals surface area contributed by atoms with Gasteiger partial charge in [-0.25, -0.2) is 0 Å². The molecule has 0 radical (unpaired) electrons. The lowest BCUT2D eigenvalue weighted by Gasteiger charge is -1.98. The third kappa shape index (κ3) is 255. The third-order valence-corrected chi connectivity index (χ3v) is 7.69. The van der Waals surface area contributed by atoms with Gasteiger partial charge in [-0.2, -0.15) is 8.42 Å². The zero-order chi connectivity index (χ0) is 52.6. The average molecular weight is 967 g/mol. The third-order valence-electron chi connectivity index (χ3n) is 5.82. The number of nitrogens with two attached hydrogens (primary N) is 3. The minimum Gasteiger partial charge on any atom is -0.427 e. The van der Waals surface area contributed by atoms with Crippen LogP contribution in [0.1, 0.15) is 187 Å². The lowest BCUT2D eigenvalue weighted by Crippen LogP contribution is -2.19. The van der Waals surface area contributed by atoms with Crippen molar-refractivity contribution < 1.29 is 62.3 Å². The molecular formula is C41H104BN4O13PS2. The Bertz CT molecular complexity index is 903. The molecule has 0 saturated carbocycles. The molecule has 62 heavy (non-hydrogen) atoms. The minimum absolute atomic E-state index is 0.0509. The number of carbonyl (C=O) groups is 2. The van der Waals surface area contributed by atoms with Gasteiger partial charge in [0.1, 0.15) is 0 Å². The number of nitrogens with one attached hydrogen (secondary N) is 1. The molecule has 1 amide bonds. The molecule has 0 aromatic rings. The van der Waals surface area contributed by atoms with Crippen molar-refractivity contribution >= 4 is 48.5 Å². The van der Waals surface area contributed by atoms with E-state index < -0.39 is 30.9 Å². The Morgan fingerprint density at radius 3 is 1.03 bits per heavy atom. The smallest absolute Gasteiger partial charge is 0.427 e. The standard InChI is InChI=1S/C4H10N2.C4H11NO.C4H10O2.3C4H10.C4H8.C3H9BO2.C3H7NO.C3H6OS.C2H7O3P.C2H6O3S/c1-3-4(2)6-5;2*1-2-4(6)3-5;4*1-3-4-2;1-2-3-4(5)6;2*1-2-3(4)5;2*1-2-6(3,4)5/h6H,2-3,5H2,1H3;4,6H,2-3,5H2,1H3;4-6H,2-3H2,1H3;3*3-4H2,1-2H3;3H,1,4H2,2H3;5-6H,2-3H2,1H3;2H2,1H3,(H2,4,5);2H2,1H3,(H,4,5);2H2,1H3,(H2,3,4,5);2H2,1H3,(H,3,4,5). The molecule has 0 fully saturated rings.